The molecule has 41 heavy (non-hydrogen) atoms. The van der Waals surface area contributed by atoms with Crippen LogP contribution in [-0.2, 0) is 33.4 Å². The fourth-order valence-electron chi connectivity index (χ4n) is 6.94. The maximum atomic E-state index is 12.8. The number of esters is 4. The van der Waals surface area contributed by atoms with E-state index in [0.717, 1.165) is 24.8 Å². The van der Waals surface area contributed by atoms with Gasteiger partial charge in [-0.1, -0.05) is 128 Å². The van der Waals surface area contributed by atoms with Gasteiger partial charge in [0.2, 0.25) is 0 Å². The van der Waals surface area contributed by atoms with E-state index in [1.807, 2.05) is 12.1 Å². The third-order valence-corrected chi connectivity index (χ3v) is 9.13. The average Bonchev–Trinajstić information content (AvgIpc) is 3.46. The van der Waals surface area contributed by atoms with Gasteiger partial charge in [-0.15, -0.1) is 0 Å². The number of unbranched alkanes of at least 4 members (excludes halogenated alkanes) is 15. The van der Waals surface area contributed by atoms with Crippen LogP contribution in [0.2, 0.25) is 0 Å². The summed E-state index contributed by atoms with van der Waals surface area (Å²) >= 11 is 0. The molecule has 2 aliphatic heterocycles. The van der Waals surface area contributed by atoms with E-state index in [-0.39, 0.29) is 6.42 Å². The molecule has 0 bridgehead atoms. The Hall–Kier alpha value is -2.54. The minimum absolute atomic E-state index is 0.0584. The molecule has 5 unspecified atom stereocenters. The van der Waals surface area contributed by atoms with Crippen LogP contribution in [0.4, 0.5) is 0 Å². The van der Waals surface area contributed by atoms with Crippen molar-refractivity contribution in [2.75, 3.05) is 6.61 Å². The van der Waals surface area contributed by atoms with Crippen LogP contribution < -0.4 is 0 Å². The van der Waals surface area contributed by atoms with Gasteiger partial charge in [-0.3, -0.25) is 19.2 Å². The van der Waals surface area contributed by atoms with Crippen molar-refractivity contribution >= 4 is 23.9 Å². The lowest BCUT2D eigenvalue weighted by Crippen LogP contribution is -2.44. The summed E-state index contributed by atoms with van der Waals surface area (Å²) in [6, 6.07) is 7.29. The summed E-state index contributed by atoms with van der Waals surface area (Å²) in [4.78, 5) is 50.1. The van der Waals surface area contributed by atoms with Gasteiger partial charge in [0, 0.05) is 12.5 Å². The van der Waals surface area contributed by atoms with Crippen molar-refractivity contribution < 1.29 is 33.4 Å². The number of rotatable bonds is 19. The van der Waals surface area contributed by atoms with Crippen molar-refractivity contribution in [1.29, 1.82) is 0 Å². The third kappa shape index (κ3) is 8.27. The summed E-state index contributed by atoms with van der Waals surface area (Å²) in [7, 11) is 0. The van der Waals surface area contributed by atoms with E-state index < -0.39 is 53.7 Å². The highest BCUT2D eigenvalue weighted by Gasteiger charge is 2.59. The predicted octanol–water partition coefficient (Wildman–Crippen LogP) is 7.30. The number of hydrogen-bond donors (Lipinski definition) is 0. The Balaban J connectivity index is 1.18. The molecule has 0 amide bonds. The van der Waals surface area contributed by atoms with E-state index >= 15 is 0 Å². The quantitative estimate of drug-likeness (QED) is 0.0981. The van der Waals surface area contributed by atoms with Crippen LogP contribution in [0.5, 0.6) is 0 Å². The molecule has 0 radical (unpaired) electrons. The highest BCUT2D eigenvalue weighted by molar-refractivity contribution is 6.01. The second-order valence-corrected chi connectivity index (χ2v) is 12.1. The first-order chi connectivity index (χ1) is 20.0. The molecular weight excluding hydrogens is 520 g/mol. The number of ether oxygens (including phenoxy) is 3. The van der Waals surface area contributed by atoms with Crippen molar-refractivity contribution in [3.63, 3.8) is 0 Å². The van der Waals surface area contributed by atoms with Gasteiger partial charge in [0.05, 0.1) is 24.4 Å². The lowest BCUT2D eigenvalue weighted by molar-refractivity contribution is -0.158. The highest BCUT2D eigenvalue weighted by atomic mass is 16.6. The molecule has 5 atom stereocenters. The van der Waals surface area contributed by atoms with Crippen molar-refractivity contribution in [2.24, 2.45) is 11.8 Å². The minimum Gasteiger partial charge on any atom is -0.393 e. The zero-order valence-corrected chi connectivity index (χ0v) is 24.8. The van der Waals surface area contributed by atoms with Crippen molar-refractivity contribution in [3.8, 4) is 0 Å². The molecule has 2 fully saturated rings. The van der Waals surface area contributed by atoms with Gasteiger partial charge in [0.1, 0.15) is 5.92 Å². The summed E-state index contributed by atoms with van der Waals surface area (Å²) in [5.74, 6) is -5.23. The molecule has 7 heteroatoms. The van der Waals surface area contributed by atoms with E-state index in [0.29, 0.717) is 12.2 Å². The number of carbonyl (C=O) groups is 4. The summed E-state index contributed by atoms with van der Waals surface area (Å²) in [5, 5.41) is 0. The van der Waals surface area contributed by atoms with Crippen LogP contribution in [0.25, 0.3) is 0 Å². The van der Waals surface area contributed by atoms with Crippen molar-refractivity contribution in [3.05, 3.63) is 35.4 Å². The van der Waals surface area contributed by atoms with Gasteiger partial charge >= 0.3 is 23.9 Å². The first kappa shape index (κ1) is 31.4. The van der Waals surface area contributed by atoms with Crippen molar-refractivity contribution in [1.82, 2.24) is 0 Å². The number of carbonyl (C=O) groups excluding carboxylic acids is 4. The number of fused-ring (bicyclic) bond motifs is 3. The molecule has 1 aromatic carbocycles. The molecule has 0 N–H and O–H groups in total. The van der Waals surface area contributed by atoms with Gasteiger partial charge in [0.15, 0.2) is 0 Å². The maximum absolute atomic E-state index is 12.8. The van der Waals surface area contributed by atoms with E-state index in [4.69, 9.17) is 14.2 Å². The Labute approximate surface area is 245 Å². The fourth-order valence-corrected chi connectivity index (χ4v) is 6.94. The average molecular weight is 569 g/mol. The minimum atomic E-state index is -0.827. The van der Waals surface area contributed by atoms with Crippen LogP contribution >= 0.6 is 0 Å². The highest BCUT2D eigenvalue weighted by Crippen LogP contribution is 2.52. The largest absolute Gasteiger partial charge is 0.393 e. The van der Waals surface area contributed by atoms with Crippen LogP contribution in [0.1, 0.15) is 139 Å². The monoisotopic (exact) mass is 568 g/mol. The fraction of sp³-hybridized carbons (Fsp3) is 0.706. The number of cyclic esters (lactones) is 4. The Bertz CT molecular complexity index is 1030. The molecular formula is C34H48O7. The lowest BCUT2D eigenvalue weighted by Gasteiger charge is -2.40. The predicted molar refractivity (Wildman–Crippen MR) is 155 cm³/mol. The zero-order chi connectivity index (χ0) is 29.0. The molecule has 3 aliphatic rings. The molecule has 0 saturated carbocycles. The van der Waals surface area contributed by atoms with Gasteiger partial charge < -0.3 is 14.2 Å². The van der Waals surface area contributed by atoms with Crippen LogP contribution in [-0.4, -0.2) is 36.6 Å². The zero-order valence-electron chi connectivity index (χ0n) is 24.8. The first-order valence-electron chi connectivity index (χ1n) is 16.2. The van der Waals surface area contributed by atoms with E-state index in [9.17, 15) is 19.2 Å². The first-order valence-corrected chi connectivity index (χ1v) is 16.2. The molecule has 2 saturated heterocycles. The maximum Gasteiger partial charge on any atom is 0.322 e. The van der Waals surface area contributed by atoms with Crippen molar-refractivity contribution in [2.45, 2.75) is 134 Å². The summed E-state index contributed by atoms with van der Waals surface area (Å²) in [5.41, 5.74) is 1.43. The molecule has 1 aromatic rings. The van der Waals surface area contributed by atoms with Gasteiger partial charge in [-0.05, 0) is 17.5 Å². The van der Waals surface area contributed by atoms with E-state index in [1.54, 1.807) is 12.1 Å². The summed E-state index contributed by atoms with van der Waals surface area (Å²) in [6.45, 7) is 2.68. The number of benzene rings is 1. The topological polar surface area (TPSA) is 96.0 Å². The molecule has 226 valence electrons. The van der Waals surface area contributed by atoms with Gasteiger partial charge in [-0.2, -0.15) is 0 Å². The molecule has 7 nitrogen and oxygen atoms in total. The lowest BCUT2D eigenvalue weighted by atomic mass is 9.65. The molecule has 1 aliphatic carbocycles. The van der Waals surface area contributed by atoms with Gasteiger partial charge in [0.25, 0.3) is 0 Å². The smallest absolute Gasteiger partial charge is 0.322 e. The molecule has 0 aromatic heterocycles. The normalized spacial score (nSPS) is 25.2. The Morgan fingerprint density at radius 3 is 1.71 bits per heavy atom. The van der Waals surface area contributed by atoms with Crippen LogP contribution in [0, 0.1) is 11.8 Å². The number of hydrogen-bond acceptors (Lipinski definition) is 7. The molecule has 2 heterocycles. The van der Waals surface area contributed by atoms with E-state index in [1.165, 1.54) is 83.5 Å². The Morgan fingerprint density at radius 1 is 0.634 bits per heavy atom. The second kappa shape index (κ2) is 16.2. The Kier molecular flexibility index (Phi) is 12.4. The van der Waals surface area contributed by atoms with E-state index in [2.05, 4.69) is 6.92 Å². The second-order valence-electron chi connectivity index (χ2n) is 12.1. The summed E-state index contributed by atoms with van der Waals surface area (Å²) in [6.07, 6.45) is 19.7. The third-order valence-electron chi connectivity index (χ3n) is 9.13. The van der Waals surface area contributed by atoms with Gasteiger partial charge in [-0.25, -0.2) is 0 Å². The SMILES string of the molecule is CCCCCCCCCCCCCCCCCCOC1C2C(=O)OC(=O)C2c2ccccc2C1C1CC(=O)OC1=O. The standard InChI is InChI=1S/C34H48O7/c1-2-3-4-5-6-7-8-9-10-11-12-13-14-15-16-19-22-39-31-28(26-23-27(35)40-32(26)36)24-20-17-18-21-25(24)29-30(31)34(38)41-33(29)37/h17-18,20-21,26,28-31H,2-16,19,22-23H2,1H3. The van der Waals surface area contributed by atoms with Crippen LogP contribution in [0.3, 0.4) is 0 Å². The molecule has 4 rings (SSSR count). The van der Waals surface area contributed by atoms with Crippen LogP contribution in [0.15, 0.2) is 24.3 Å². The summed E-state index contributed by atoms with van der Waals surface area (Å²) < 4.78 is 16.2. The Morgan fingerprint density at radius 2 is 1.17 bits per heavy atom. The molecule has 0 spiro atoms.